The minimum Gasteiger partial charge on any atom is -0.850 e. The summed E-state index contributed by atoms with van der Waals surface area (Å²) in [4.78, 5) is 1.69. The Morgan fingerprint density at radius 1 is 0.519 bits per heavy atom. The second-order valence-electron chi connectivity index (χ2n) is 4.46. The van der Waals surface area contributed by atoms with Crippen LogP contribution in [0.4, 0.5) is 0 Å². The van der Waals surface area contributed by atoms with Gasteiger partial charge >= 0.3 is 45.5 Å². The molecule has 0 unspecified atom stereocenters. The zero-order valence-corrected chi connectivity index (χ0v) is 19.1. The Morgan fingerprint density at radius 3 is 0.704 bits per heavy atom. The van der Waals surface area contributed by atoms with Gasteiger partial charge in [-0.2, -0.15) is 0 Å². The normalized spacial score (nSPS) is 8.89. The van der Waals surface area contributed by atoms with Gasteiger partial charge in [-0.05, 0) is 0 Å². The third kappa shape index (κ3) is 46.2. The van der Waals surface area contributed by atoms with E-state index in [-0.39, 0.29) is 85.1 Å². The zero-order chi connectivity index (χ0) is 21.1. The predicted octanol–water partition coefficient (Wildman–Crippen LogP) is -10.7. The summed E-state index contributed by atoms with van der Waals surface area (Å²) in [5.41, 5.74) is 13.9. The summed E-state index contributed by atoms with van der Waals surface area (Å²) in [5, 5.41) is 64.4. The molecule has 0 fully saturated rings. The van der Waals surface area contributed by atoms with Crippen LogP contribution in [0.2, 0.25) is 0 Å². The minimum absolute atomic E-state index is 0. The van der Waals surface area contributed by atoms with Crippen molar-refractivity contribution in [2.24, 2.45) is 22.1 Å². The molecular formula is C12H30N8O6Sr-4. The summed E-state index contributed by atoms with van der Waals surface area (Å²) in [5.74, 6) is 8.06. The molecule has 0 radical (unpaired) electrons. The van der Waals surface area contributed by atoms with Gasteiger partial charge in [0.15, 0.2) is 0 Å². The molecule has 0 aromatic heterocycles. The molecule has 0 aromatic carbocycles. The van der Waals surface area contributed by atoms with Gasteiger partial charge in [-0.15, -0.1) is 0 Å². The maximum absolute atomic E-state index is 10.1. The summed E-state index contributed by atoms with van der Waals surface area (Å²) in [6.07, 6.45) is 0. The van der Waals surface area contributed by atoms with Crippen LogP contribution in [0.5, 0.6) is 0 Å². The monoisotopic (exact) mass is 470 g/mol. The van der Waals surface area contributed by atoms with E-state index in [4.69, 9.17) is 11.1 Å². The van der Waals surface area contributed by atoms with Crippen LogP contribution in [-0.2, 0) is 0 Å². The first-order chi connectivity index (χ1) is 12.5. The summed E-state index contributed by atoms with van der Waals surface area (Å²) in [7, 11) is 0. The average molecular weight is 470 g/mol. The Hall–Kier alpha value is -0.0395. The number of hydrogen-bond donors (Lipinski definition) is 4. The maximum Gasteiger partial charge on any atom is 2.00 e. The molecule has 0 aliphatic carbocycles. The van der Waals surface area contributed by atoms with Crippen LogP contribution in [0.3, 0.4) is 0 Å². The van der Waals surface area contributed by atoms with E-state index in [2.05, 4.69) is 11.7 Å². The van der Waals surface area contributed by atoms with Gasteiger partial charge < -0.3 is 63.2 Å². The van der Waals surface area contributed by atoms with E-state index < -0.39 is 0 Å². The zero-order valence-electron chi connectivity index (χ0n) is 15.6. The van der Waals surface area contributed by atoms with Gasteiger partial charge in [0.2, 0.25) is 0 Å². The second-order valence-corrected chi connectivity index (χ2v) is 4.46. The molecule has 0 heterocycles. The van der Waals surface area contributed by atoms with Crippen LogP contribution in [0.1, 0.15) is 0 Å². The number of rotatable bonds is 12. The number of quaternary nitrogens is 2. The van der Waals surface area contributed by atoms with E-state index in [1.54, 1.807) is 0 Å². The standard InChI is InChI=1S/2C6H12NO3.2H2N3.Sr/c2*8-4-1-7(2-5-9)3-6-10;2*1-3-2;/h2*1-6H2;2*(H2-,1,2);/q2*-3;2*-1;+2/p+2. The molecule has 160 valence electrons. The van der Waals surface area contributed by atoms with E-state index >= 15 is 0 Å². The van der Waals surface area contributed by atoms with Crippen LogP contribution < -0.4 is 52.1 Å². The van der Waals surface area contributed by atoms with Gasteiger partial charge in [0.1, 0.15) is 0 Å². The molecule has 0 saturated carbocycles. The molecular weight excluding hydrogens is 440 g/mol. The Bertz CT molecular complexity index is 209. The molecule has 27 heavy (non-hydrogen) atoms. The van der Waals surface area contributed by atoms with Crippen LogP contribution in [-0.4, -0.2) is 124 Å². The summed E-state index contributed by atoms with van der Waals surface area (Å²) in [6.45, 7) is 1.25. The van der Waals surface area contributed by atoms with Gasteiger partial charge in [0.25, 0.3) is 0 Å². The van der Waals surface area contributed by atoms with Crippen molar-refractivity contribution >= 4 is 45.5 Å². The molecule has 0 rings (SSSR count). The Balaban J connectivity index is -0.0000000899. The summed E-state index contributed by atoms with van der Waals surface area (Å²) >= 11 is 0. The molecule has 0 aliphatic rings. The van der Waals surface area contributed by atoms with Gasteiger partial charge in [0.05, 0.1) is 39.3 Å². The molecule has 0 amide bonds. The molecule has 6 N–H and O–H groups in total. The van der Waals surface area contributed by atoms with Crippen LogP contribution in [0.15, 0.2) is 10.4 Å². The van der Waals surface area contributed by atoms with Crippen molar-refractivity contribution in [1.29, 1.82) is 0 Å². The SMILES string of the molecule is [N-]=NN.[N-]=NN.[O-]CC[NH+](CC[O-])CC[O-].[O-]CC[NH+](CC[O-])CC[O-].[Sr+2]. The first kappa shape index (κ1) is 37.7. The fourth-order valence-corrected chi connectivity index (χ4v) is 1.62. The predicted molar refractivity (Wildman–Crippen MR) is 86.0 cm³/mol. The van der Waals surface area contributed by atoms with E-state index in [0.717, 1.165) is 9.80 Å². The van der Waals surface area contributed by atoms with Crippen LogP contribution in [0, 0.1) is 0 Å². The maximum atomic E-state index is 10.1. The molecule has 15 heteroatoms. The second kappa shape index (κ2) is 40.6. The van der Waals surface area contributed by atoms with E-state index in [1.807, 2.05) is 10.4 Å². The van der Waals surface area contributed by atoms with Crippen molar-refractivity contribution in [2.75, 3.05) is 78.9 Å². The van der Waals surface area contributed by atoms with Crippen molar-refractivity contribution in [3.05, 3.63) is 11.1 Å². The van der Waals surface area contributed by atoms with Crippen molar-refractivity contribution in [1.82, 2.24) is 0 Å². The van der Waals surface area contributed by atoms with E-state index in [9.17, 15) is 30.6 Å². The minimum atomic E-state index is -0.199. The largest absolute Gasteiger partial charge is 2.00 e. The molecule has 0 aromatic rings. The summed E-state index contributed by atoms with van der Waals surface area (Å²) < 4.78 is 0. The molecule has 0 spiro atoms. The molecule has 14 nitrogen and oxygen atoms in total. The van der Waals surface area contributed by atoms with Gasteiger partial charge in [-0.1, -0.05) is 39.6 Å². The van der Waals surface area contributed by atoms with E-state index in [1.165, 1.54) is 0 Å². The van der Waals surface area contributed by atoms with Crippen molar-refractivity contribution in [2.45, 2.75) is 0 Å². The van der Waals surface area contributed by atoms with Crippen molar-refractivity contribution in [3.8, 4) is 0 Å². The first-order valence-corrected chi connectivity index (χ1v) is 7.77. The quantitative estimate of drug-likeness (QED) is 0.0918. The molecule has 0 aliphatic heterocycles. The number of hydrogen-bond acceptors (Lipinski definition) is 8. The third-order valence-electron chi connectivity index (χ3n) is 2.73. The molecule has 0 atom stereocenters. The third-order valence-corrected chi connectivity index (χ3v) is 2.73. The number of nitrogens with zero attached hydrogens (tertiary/aromatic N) is 4. The average Bonchev–Trinajstić information content (AvgIpc) is 2.58. The van der Waals surface area contributed by atoms with Gasteiger partial charge in [-0.3, -0.25) is 10.4 Å². The topological polar surface area (TPSA) is 269 Å². The Kier molecular flexibility index (Phi) is 56.6. The van der Waals surface area contributed by atoms with Crippen molar-refractivity contribution < 1.29 is 40.4 Å². The van der Waals surface area contributed by atoms with Gasteiger partial charge in [0, 0.05) is 0 Å². The smallest absolute Gasteiger partial charge is 0.850 e. The van der Waals surface area contributed by atoms with Crippen molar-refractivity contribution in [3.63, 3.8) is 0 Å². The molecule has 0 bridgehead atoms. The molecule has 0 saturated heterocycles. The fraction of sp³-hybridized carbons (Fsp3) is 1.00. The summed E-state index contributed by atoms with van der Waals surface area (Å²) in [6, 6.07) is 0. The Morgan fingerprint density at radius 2 is 0.630 bits per heavy atom. The van der Waals surface area contributed by atoms with Crippen LogP contribution >= 0.6 is 0 Å². The van der Waals surface area contributed by atoms with Crippen LogP contribution in [0.25, 0.3) is 11.1 Å². The fourth-order valence-electron chi connectivity index (χ4n) is 1.62. The van der Waals surface area contributed by atoms with Gasteiger partial charge in [-0.25, -0.2) is 0 Å². The number of nitrogens with two attached hydrogens (primary N) is 2. The number of nitrogens with one attached hydrogen (secondary N) is 2. The first-order valence-electron chi connectivity index (χ1n) is 7.77. The Labute approximate surface area is 197 Å². The van der Waals surface area contributed by atoms with E-state index in [0.29, 0.717) is 39.3 Å².